The first kappa shape index (κ1) is 21.0. The van der Waals surface area contributed by atoms with E-state index in [0.29, 0.717) is 49.1 Å². The maximum atomic E-state index is 12.7. The Morgan fingerprint density at radius 2 is 1.52 bits per heavy atom. The molecule has 0 saturated carbocycles. The fourth-order valence-corrected chi connectivity index (χ4v) is 4.59. The summed E-state index contributed by atoms with van der Waals surface area (Å²) in [5, 5.41) is 2.83. The van der Waals surface area contributed by atoms with E-state index in [0.717, 1.165) is 0 Å². The molecule has 0 bridgehead atoms. The van der Waals surface area contributed by atoms with Crippen molar-refractivity contribution in [2.24, 2.45) is 0 Å². The highest BCUT2D eigenvalue weighted by Crippen LogP contribution is 2.29. The second-order valence-corrected chi connectivity index (χ2v) is 8.84. The zero-order chi connectivity index (χ0) is 21.7. The van der Waals surface area contributed by atoms with Crippen LogP contribution in [0.4, 0.5) is 5.69 Å². The van der Waals surface area contributed by atoms with Crippen molar-refractivity contribution in [3.63, 3.8) is 0 Å². The zero-order valence-electron chi connectivity index (χ0n) is 16.7. The molecule has 0 unspecified atom stereocenters. The van der Waals surface area contributed by atoms with Crippen molar-refractivity contribution in [3.8, 4) is 11.5 Å². The van der Waals surface area contributed by atoms with Crippen molar-refractivity contribution in [2.75, 3.05) is 31.6 Å². The SMILES string of the molecule is O=C(Nc1ccccc1Oc1ccccc1)c1ccc(S(=O)(=O)N2CCOCC2)cc1. The van der Waals surface area contributed by atoms with E-state index in [2.05, 4.69) is 5.32 Å². The van der Waals surface area contributed by atoms with Crippen LogP contribution in [0.15, 0.2) is 83.8 Å². The third-order valence-electron chi connectivity index (χ3n) is 4.83. The number of para-hydroxylation sites is 3. The molecule has 3 aromatic rings. The topological polar surface area (TPSA) is 84.9 Å². The molecule has 0 spiro atoms. The molecule has 3 aromatic carbocycles. The largest absolute Gasteiger partial charge is 0.455 e. The number of benzene rings is 3. The lowest BCUT2D eigenvalue weighted by molar-refractivity contribution is 0.0730. The van der Waals surface area contributed by atoms with Gasteiger partial charge in [-0.15, -0.1) is 0 Å². The van der Waals surface area contributed by atoms with E-state index in [9.17, 15) is 13.2 Å². The van der Waals surface area contributed by atoms with Crippen molar-refractivity contribution in [2.45, 2.75) is 4.90 Å². The number of sulfonamides is 1. The average molecular weight is 439 g/mol. The van der Waals surface area contributed by atoms with E-state index < -0.39 is 10.0 Å². The number of hydrogen-bond donors (Lipinski definition) is 1. The molecule has 1 fully saturated rings. The molecule has 0 aliphatic carbocycles. The summed E-state index contributed by atoms with van der Waals surface area (Å²) in [6.07, 6.45) is 0. The molecule has 160 valence electrons. The number of amides is 1. The van der Waals surface area contributed by atoms with Crippen molar-refractivity contribution in [1.29, 1.82) is 0 Å². The third kappa shape index (κ3) is 4.93. The van der Waals surface area contributed by atoms with E-state index >= 15 is 0 Å². The molecule has 1 amide bonds. The molecule has 0 radical (unpaired) electrons. The molecule has 1 N–H and O–H groups in total. The smallest absolute Gasteiger partial charge is 0.255 e. The van der Waals surface area contributed by atoms with Crippen molar-refractivity contribution >= 4 is 21.6 Å². The quantitative estimate of drug-likeness (QED) is 0.634. The van der Waals surface area contributed by atoms with Crippen LogP contribution in [-0.4, -0.2) is 44.9 Å². The third-order valence-corrected chi connectivity index (χ3v) is 6.74. The Morgan fingerprint density at radius 1 is 0.871 bits per heavy atom. The molecule has 1 saturated heterocycles. The maximum absolute atomic E-state index is 12.7. The van der Waals surface area contributed by atoms with Gasteiger partial charge in [-0.2, -0.15) is 4.31 Å². The van der Waals surface area contributed by atoms with Crippen LogP contribution in [0, 0.1) is 0 Å². The lowest BCUT2D eigenvalue weighted by Crippen LogP contribution is -2.40. The van der Waals surface area contributed by atoms with Gasteiger partial charge in [0.2, 0.25) is 10.0 Å². The van der Waals surface area contributed by atoms with Crippen LogP contribution in [0.25, 0.3) is 0 Å². The van der Waals surface area contributed by atoms with Gasteiger partial charge in [-0.05, 0) is 48.5 Å². The Balaban J connectivity index is 1.48. The Morgan fingerprint density at radius 3 is 2.23 bits per heavy atom. The van der Waals surface area contributed by atoms with E-state index in [4.69, 9.17) is 9.47 Å². The van der Waals surface area contributed by atoms with Gasteiger partial charge in [-0.25, -0.2) is 8.42 Å². The molecule has 0 atom stereocenters. The Bertz CT molecular complexity index is 1140. The van der Waals surface area contributed by atoms with Gasteiger partial charge in [0.25, 0.3) is 5.91 Å². The molecule has 1 aliphatic rings. The summed E-state index contributed by atoms with van der Waals surface area (Å²) in [6, 6.07) is 22.3. The molecule has 8 heteroatoms. The van der Waals surface area contributed by atoms with Gasteiger partial charge in [0.05, 0.1) is 23.8 Å². The first-order chi connectivity index (χ1) is 15.0. The van der Waals surface area contributed by atoms with Crippen LogP contribution in [0.1, 0.15) is 10.4 Å². The number of morpholine rings is 1. The molecule has 4 rings (SSSR count). The van der Waals surface area contributed by atoms with Crippen LogP contribution in [-0.2, 0) is 14.8 Å². The number of anilines is 1. The number of carbonyl (C=O) groups excluding carboxylic acids is 1. The summed E-state index contributed by atoms with van der Waals surface area (Å²) in [5.41, 5.74) is 0.858. The summed E-state index contributed by atoms with van der Waals surface area (Å²) < 4.78 is 37.9. The maximum Gasteiger partial charge on any atom is 0.255 e. The molecular weight excluding hydrogens is 416 g/mol. The van der Waals surface area contributed by atoms with Gasteiger partial charge < -0.3 is 14.8 Å². The van der Waals surface area contributed by atoms with E-state index in [1.807, 2.05) is 36.4 Å². The lowest BCUT2D eigenvalue weighted by atomic mass is 10.2. The Labute approximate surface area is 181 Å². The predicted octanol–water partition coefficient (Wildman–Crippen LogP) is 3.75. The van der Waals surface area contributed by atoms with Crippen LogP contribution in [0.3, 0.4) is 0 Å². The Kier molecular flexibility index (Phi) is 6.31. The van der Waals surface area contributed by atoms with Gasteiger partial charge in [0.15, 0.2) is 5.75 Å². The summed E-state index contributed by atoms with van der Waals surface area (Å²) in [4.78, 5) is 12.9. The van der Waals surface area contributed by atoms with Crippen LogP contribution >= 0.6 is 0 Å². The summed E-state index contributed by atoms with van der Waals surface area (Å²) in [7, 11) is -3.60. The van der Waals surface area contributed by atoms with Crippen LogP contribution in [0.2, 0.25) is 0 Å². The Hall–Kier alpha value is -3.20. The monoisotopic (exact) mass is 438 g/mol. The number of nitrogens with one attached hydrogen (secondary N) is 1. The van der Waals surface area contributed by atoms with Crippen LogP contribution in [0.5, 0.6) is 11.5 Å². The highest BCUT2D eigenvalue weighted by atomic mass is 32.2. The van der Waals surface area contributed by atoms with Crippen molar-refractivity contribution in [1.82, 2.24) is 4.31 Å². The van der Waals surface area contributed by atoms with Gasteiger partial charge >= 0.3 is 0 Å². The van der Waals surface area contributed by atoms with E-state index in [-0.39, 0.29) is 10.8 Å². The first-order valence-electron chi connectivity index (χ1n) is 9.85. The first-order valence-corrected chi connectivity index (χ1v) is 11.3. The van der Waals surface area contributed by atoms with Gasteiger partial charge in [-0.3, -0.25) is 4.79 Å². The highest BCUT2D eigenvalue weighted by Gasteiger charge is 2.26. The number of ether oxygens (including phenoxy) is 2. The molecule has 1 aliphatic heterocycles. The van der Waals surface area contributed by atoms with Gasteiger partial charge in [-0.1, -0.05) is 30.3 Å². The second kappa shape index (κ2) is 9.30. The number of nitrogens with zero attached hydrogens (tertiary/aromatic N) is 1. The number of carbonyl (C=O) groups is 1. The minimum absolute atomic E-state index is 0.152. The molecular formula is C23H22N2O5S. The van der Waals surface area contributed by atoms with E-state index in [1.165, 1.54) is 28.6 Å². The number of hydrogen-bond acceptors (Lipinski definition) is 5. The van der Waals surface area contributed by atoms with Gasteiger partial charge in [0.1, 0.15) is 5.75 Å². The zero-order valence-corrected chi connectivity index (χ0v) is 17.5. The lowest BCUT2D eigenvalue weighted by Gasteiger charge is -2.26. The fourth-order valence-electron chi connectivity index (χ4n) is 3.18. The summed E-state index contributed by atoms with van der Waals surface area (Å²) in [5.74, 6) is 0.801. The standard InChI is InChI=1S/C23H22N2O5S/c26-23(24-21-8-4-5-9-22(21)30-19-6-2-1-3-7-19)18-10-12-20(13-11-18)31(27,28)25-14-16-29-17-15-25/h1-13H,14-17H2,(H,24,26). The molecule has 7 nitrogen and oxygen atoms in total. The minimum Gasteiger partial charge on any atom is -0.455 e. The van der Waals surface area contributed by atoms with Crippen molar-refractivity contribution < 1.29 is 22.7 Å². The second-order valence-electron chi connectivity index (χ2n) is 6.91. The molecule has 31 heavy (non-hydrogen) atoms. The normalized spacial score (nSPS) is 14.7. The van der Waals surface area contributed by atoms with Crippen molar-refractivity contribution in [3.05, 3.63) is 84.4 Å². The number of rotatable bonds is 6. The minimum atomic E-state index is -3.60. The molecule has 0 aromatic heterocycles. The summed E-state index contributed by atoms with van der Waals surface area (Å²) >= 11 is 0. The van der Waals surface area contributed by atoms with E-state index in [1.54, 1.807) is 18.2 Å². The highest BCUT2D eigenvalue weighted by molar-refractivity contribution is 7.89. The predicted molar refractivity (Wildman–Crippen MR) is 117 cm³/mol. The van der Waals surface area contributed by atoms with Gasteiger partial charge in [0, 0.05) is 18.7 Å². The molecule has 1 heterocycles. The summed E-state index contributed by atoms with van der Waals surface area (Å²) in [6.45, 7) is 1.40. The average Bonchev–Trinajstić information content (AvgIpc) is 2.81. The fraction of sp³-hybridized carbons (Fsp3) is 0.174. The van der Waals surface area contributed by atoms with Crippen LogP contribution < -0.4 is 10.1 Å².